The van der Waals surface area contributed by atoms with Gasteiger partial charge in [0.25, 0.3) is 0 Å². The second-order valence-corrected chi connectivity index (χ2v) is 5.70. The SMILES string of the molecule is CC(C)(C)O[SiH2]CN1CCNCC1. The van der Waals surface area contributed by atoms with Crippen molar-refractivity contribution in [1.82, 2.24) is 10.2 Å². The molecule has 1 heterocycles. The van der Waals surface area contributed by atoms with Crippen LogP contribution in [0.3, 0.4) is 0 Å². The van der Waals surface area contributed by atoms with Crippen LogP contribution >= 0.6 is 0 Å². The molecule has 0 radical (unpaired) electrons. The van der Waals surface area contributed by atoms with Crippen LogP contribution < -0.4 is 5.32 Å². The van der Waals surface area contributed by atoms with Crippen LogP contribution in [-0.2, 0) is 4.43 Å². The maximum absolute atomic E-state index is 5.81. The minimum atomic E-state index is -0.340. The third-order valence-electron chi connectivity index (χ3n) is 2.15. The van der Waals surface area contributed by atoms with Gasteiger partial charge in [-0.05, 0) is 20.8 Å². The van der Waals surface area contributed by atoms with Crippen molar-refractivity contribution in [2.24, 2.45) is 0 Å². The lowest BCUT2D eigenvalue weighted by molar-refractivity contribution is 0.131. The van der Waals surface area contributed by atoms with Gasteiger partial charge in [-0.3, -0.25) is 0 Å². The Morgan fingerprint density at radius 1 is 1.31 bits per heavy atom. The van der Waals surface area contributed by atoms with Crippen LogP contribution in [-0.4, -0.2) is 52.6 Å². The molecule has 0 aromatic heterocycles. The largest absolute Gasteiger partial charge is 0.418 e. The number of rotatable bonds is 3. The Hall–Kier alpha value is 0.0969. The first-order chi connectivity index (χ1) is 6.08. The molecule has 3 nitrogen and oxygen atoms in total. The van der Waals surface area contributed by atoms with Gasteiger partial charge in [0.1, 0.15) is 0 Å². The average Bonchev–Trinajstić information content (AvgIpc) is 2.04. The summed E-state index contributed by atoms with van der Waals surface area (Å²) in [6.45, 7) is 11.1. The Labute approximate surface area is 83.8 Å². The zero-order valence-corrected chi connectivity index (χ0v) is 10.5. The predicted molar refractivity (Wildman–Crippen MR) is 58.7 cm³/mol. The van der Waals surface area contributed by atoms with Gasteiger partial charge in [-0.25, -0.2) is 0 Å². The monoisotopic (exact) mass is 202 g/mol. The second-order valence-electron chi connectivity index (χ2n) is 4.55. The van der Waals surface area contributed by atoms with Crippen molar-refractivity contribution in [2.45, 2.75) is 26.4 Å². The number of nitrogens with zero attached hydrogens (tertiary/aromatic N) is 1. The lowest BCUT2D eigenvalue weighted by atomic mass is 10.2. The van der Waals surface area contributed by atoms with Gasteiger partial charge in [0, 0.05) is 37.9 Å². The number of hydrogen-bond donors (Lipinski definition) is 1. The van der Waals surface area contributed by atoms with Crippen LogP contribution in [0, 0.1) is 0 Å². The fourth-order valence-corrected chi connectivity index (χ4v) is 2.82. The lowest BCUT2D eigenvalue weighted by Crippen LogP contribution is -2.45. The Kier molecular flexibility index (Phi) is 4.38. The smallest absolute Gasteiger partial charge is 0.176 e. The van der Waals surface area contributed by atoms with Crippen LogP contribution in [0.15, 0.2) is 0 Å². The number of nitrogens with one attached hydrogen (secondary N) is 1. The van der Waals surface area contributed by atoms with Gasteiger partial charge in [-0.2, -0.15) is 0 Å². The summed E-state index contributed by atoms with van der Waals surface area (Å²) in [6, 6.07) is 0. The van der Waals surface area contributed by atoms with Crippen LogP contribution in [0.5, 0.6) is 0 Å². The number of hydrogen-bond acceptors (Lipinski definition) is 3. The molecule has 13 heavy (non-hydrogen) atoms. The Balaban J connectivity index is 2.04. The zero-order valence-electron chi connectivity index (χ0n) is 9.10. The fraction of sp³-hybridized carbons (Fsp3) is 1.00. The highest BCUT2D eigenvalue weighted by molar-refractivity contribution is 6.27. The van der Waals surface area contributed by atoms with Crippen molar-refractivity contribution in [2.75, 3.05) is 32.3 Å². The summed E-state index contributed by atoms with van der Waals surface area (Å²) < 4.78 is 5.81. The molecule has 78 valence electrons. The van der Waals surface area contributed by atoms with Crippen molar-refractivity contribution in [1.29, 1.82) is 0 Å². The molecule has 0 spiro atoms. The van der Waals surface area contributed by atoms with Gasteiger partial charge in [-0.15, -0.1) is 0 Å². The molecule has 0 aliphatic carbocycles. The lowest BCUT2D eigenvalue weighted by Gasteiger charge is -2.28. The third kappa shape index (κ3) is 5.41. The van der Waals surface area contributed by atoms with Crippen molar-refractivity contribution >= 4 is 9.76 Å². The van der Waals surface area contributed by atoms with Crippen LogP contribution in [0.4, 0.5) is 0 Å². The molecule has 1 saturated heterocycles. The summed E-state index contributed by atoms with van der Waals surface area (Å²) in [6.07, 6.45) is 1.21. The van der Waals surface area contributed by atoms with Crippen LogP contribution in [0.1, 0.15) is 20.8 Å². The summed E-state index contributed by atoms with van der Waals surface area (Å²) in [5, 5.41) is 3.35. The first-order valence-corrected chi connectivity index (χ1v) is 6.73. The molecule has 1 rings (SSSR count). The molecule has 1 aliphatic heterocycles. The van der Waals surface area contributed by atoms with Crippen molar-refractivity contribution in [3.05, 3.63) is 0 Å². The molecule has 1 N–H and O–H groups in total. The van der Waals surface area contributed by atoms with Gasteiger partial charge in [0.15, 0.2) is 9.76 Å². The van der Waals surface area contributed by atoms with Crippen molar-refractivity contribution < 1.29 is 4.43 Å². The summed E-state index contributed by atoms with van der Waals surface area (Å²) in [5.74, 6) is 0. The topological polar surface area (TPSA) is 24.5 Å². The molecule has 0 atom stereocenters. The van der Waals surface area contributed by atoms with Crippen molar-refractivity contribution in [3.8, 4) is 0 Å². The van der Waals surface area contributed by atoms with Crippen LogP contribution in [0.2, 0.25) is 0 Å². The van der Waals surface area contributed by atoms with E-state index in [2.05, 4.69) is 31.0 Å². The van der Waals surface area contributed by atoms with Gasteiger partial charge in [0.2, 0.25) is 0 Å². The molecule has 0 aromatic rings. The van der Waals surface area contributed by atoms with Gasteiger partial charge in [0.05, 0.1) is 0 Å². The predicted octanol–water partition coefficient (Wildman–Crippen LogP) is -0.252. The van der Waals surface area contributed by atoms with E-state index in [9.17, 15) is 0 Å². The molecule has 0 amide bonds. The molecule has 1 aliphatic rings. The Bertz CT molecular complexity index is 141. The van der Waals surface area contributed by atoms with E-state index >= 15 is 0 Å². The molecule has 0 bridgehead atoms. The average molecular weight is 202 g/mol. The zero-order chi connectivity index (χ0) is 9.73. The molecule has 4 heteroatoms. The highest BCUT2D eigenvalue weighted by atomic mass is 28.2. The van der Waals surface area contributed by atoms with E-state index in [0.717, 1.165) is 13.1 Å². The first-order valence-electron chi connectivity index (χ1n) is 5.15. The summed E-state index contributed by atoms with van der Waals surface area (Å²) >= 11 is 0. The Morgan fingerprint density at radius 3 is 2.46 bits per heavy atom. The first kappa shape index (κ1) is 11.2. The van der Waals surface area contributed by atoms with E-state index in [1.807, 2.05) is 0 Å². The minimum absolute atomic E-state index is 0.0697. The maximum atomic E-state index is 5.81. The van der Waals surface area contributed by atoms with Crippen LogP contribution in [0.25, 0.3) is 0 Å². The third-order valence-corrected chi connectivity index (χ3v) is 4.04. The summed E-state index contributed by atoms with van der Waals surface area (Å²) in [7, 11) is -0.340. The van der Waals surface area contributed by atoms with E-state index in [-0.39, 0.29) is 15.4 Å². The van der Waals surface area contributed by atoms with E-state index < -0.39 is 0 Å². The van der Waals surface area contributed by atoms with Gasteiger partial charge >= 0.3 is 0 Å². The fourth-order valence-electron chi connectivity index (χ4n) is 1.42. The maximum Gasteiger partial charge on any atom is 0.176 e. The highest BCUT2D eigenvalue weighted by Crippen LogP contribution is 2.05. The van der Waals surface area contributed by atoms with E-state index in [0.29, 0.717) is 0 Å². The highest BCUT2D eigenvalue weighted by Gasteiger charge is 2.13. The molecule has 1 fully saturated rings. The van der Waals surface area contributed by atoms with Gasteiger partial charge in [-0.1, -0.05) is 0 Å². The summed E-state index contributed by atoms with van der Waals surface area (Å²) in [4.78, 5) is 2.51. The minimum Gasteiger partial charge on any atom is -0.418 e. The number of piperazine rings is 1. The standard InChI is InChI=1S/C9H22N2OSi/c1-9(2,3)12-13-8-11-6-4-10-5-7-11/h10H,4-8,13H2,1-3H3. The van der Waals surface area contributed by atoms with E-state index in [4.69, 9.17) is 4.43 Å². The Morgan fingerprint density at radius 2 is 1.92 bits per heavy atom. The summed E-state index contributed by atoms with van der Waals surface area (Å²) in [5.41, 5.74) is 0.0697. The van der Waals surface area contributed by atoms with Gasteiger partial charge < -0.3 is 14.6 Å². The molecule has 0 saturated carbocycles. The molecule has 0 unspecified atom stereocenters. The molecular weight excluding hydrogens is 180 g/mol. The molecule has 0 aromatic carbocycles. The molecular formula is C9H22N2OSi. The van der Waals surface area contributed by atoms with E-state index in [1.54, 1.807) is 0 Å². The quantitative estimate of drug-likeness (QED) is 0.639. The van der Waals surface area contributed by atoms with Crippen molar-refractivity contribution in [3.63, 3.8) is 0 Å². The normalized spacial score (nSPS) is 21.5. The van der Waals surface area contributed by atoms with E-state index in [1.165, 1.54) is 19.3 Å². The second kappa shape index (κ2) is 5.10.